The normalized spacial score (nSPS) is 12.3. The molecule has 41 heavy (non-hydrogen) atoms. The van der Waals surface area contributed by atoms with Crippen LogP contribution in [0.5, 0.6) is 0 Å². The van der Waals surface area contributed by atoms with Gasteiger partial charge in [0, 0.05) is 26.6 Å². The Labute approximate surface area is 249 Å². The number of fused-ring (bicyclic) bond motifs is 5. The second-order valence-corrected chi connectivity index (χ2v) is 12.6. The van der Waals surface area contributed by atoms with Crippen molar-refractivity contribution in [2.45, 2.75) is 26.2 Å². The van der Waals surface area contributed by atoms with E-state index in [-0.39, 0.29) is 5.41 Å². The molecule has 7 aromatic rings. The maximum absolute atomic E-state index is 3.73. The minimum absolute atomic E-state index is 0.152. The van der Waals surface area contributed by atoms with Gasteiger partial charge in [0.15, 0.2) is 0 Å². The highest BCUT2D eigenvalue weighted by atomic mass is 79.9. The van der Waals surface area contributed by atoms with Crippen molar-refractivity contribution in [3.63, 3.8) is 0 Å². The number of hydrogen-bond donors (Lipinski definition) is 0. The first-order chi connectivity index (χ1) is 19.9. The lowest BCUT2D eigenvalue weighted by Crippen LogP contribution is -2.10. The van der Waals surface area contributed by atoms with E-state index in [0.29, 0.717) is 0 Å². The monoisotopic (exact) mass is 594 g/mol. The van der Waals surface area contributed by atoms with Crippen molar-refractivity contribution in [1.29, 1.82) is 0 Å². The molecule has 0 aliphatic carbocycles. The van der Waals surface area contributed by atoms with Crippen LogP contribution in [0.15, 0.2) is 126 Å². The third kappa shape index (κ3) is 4.51. The third-order valence-electron chi connectivity index (χ3n) is 7.92. The van der Waals surface area contributed by atoms with E-state index < -0.39 is 0 Å². The first-order valence-electron chi connectivity index (χ1n) is 14.1. The van der Waals surface area contributed by atoms with Crippen molar-refractivity contribution in [1.82, 2.24) is 9.13 Å². The first-order valence-corrected chi connectivity index (χ1v) is 14.9. The molecule has 200 valence electrons. The predicted octanol–water partition coefficient (Wildman–Crippen LogP) is 11.0. The number of rotatable bonds is 4. The van der Waals surface area contributed by atoms with Crippen molar-refractivity contribution in [3.05, 3.63) is 142 Å². The van der Waals surface area contributed by atoms with E-state index in [1.54, 1.807) is 0 Å². The molecule has 0 aliphatic heterocycles. The number of hydrogen-bond acceptors (Lipinski definition) is 0. The van der Waals surface area contributed by atoms with E-state index in [2.05, 4.69) is 179 Å². The van der Waals surface area contributed by atoms with E-state index >= 15 is 0 Å². The summed E-state index contributed by atoms with van der Waals surface area (Å²) in [6.07, 6.45) is 4.43. The van der Waals surface area contributed by atoms with Crippen LogP contribution in [0.4, 0.5) is 0 Å². The molecule has 0 saturated carbocycles. The zero-order chi connectivity index (χ0) is 28.1. The van der Waals surface area contributed by atoms with Crippen LogP contribution in [0, 0.1) is 0 Å². The molecule has 0 amide bonds. The molecular formula is C38H31BrN2. The lowest BCUT2D eigenvalue weighted by molar-refractivity contribution is 0.590. The van der Waals surface area contributed by atoms with Crippen molar-refractivity contribution >= 4 is 60.9 Å². The molecule has 0 fully saturated rings. The number of nitrogens with zero attached hydrogens (tertiary/aromatic N) is 2. The lowest BCUT2D eigenvalue weighted by atomic mass is 9.87. The number of aromatic nitrogens is 2. The van der Waals surface area contributed by atoms with E-state index in [9.17, 15) is 0 Å². The van der Waals surface area contributed by atoms with E-state index in [1.807, 2.05) is 0 Å². The predicted molar refractivity (Wildman–Crippen MR) is 179 cm³/mol. The maximum Gasteiger partial charge on any atom is 0.0803 e. The highest BCUT2D eigenvalue weighted by Crippen LogP contribution is 2.41. The summed E-state index contributed by atoms with van der Waals surface area (Å²) >= 11 is 3.73. The fourth-order valence-corrected chi connectivity index (χ4v) is 6.20. The summed E-state index contributed by atoms with van der Waals surface area (Å²) in [5, 5.41) is 2.45. The average molecular weight is 596 g/mol. The SMILES string of the molecule is CC(C)(C)c1ccc(C=Cc2ccc3c(c2)n(-c2ccccc2)c2c4ccc(Br)cc4n(-c4ccccc4)c32)cc1. The summed E-state index contributed by atoms with van der Waals surface area (Å²) in [5.74, 6) is 0. The first kappa shape index (κ1) is 25.6. The van der Waals surface area contributed by atoms with Crippen molar-refractivity contribution < 1.29 is 0 Å². The molecule has 0 radical (unpaired) electrons. The molecule has 5 aromatic carbocycles. The molecule has 0 bridgehead atoms. The Kier molecular flexibility index (Phi) is 6.21. The molecule has 0 atom stereocenters. The summed E-state index contributed by atoms with van der Waals surface area (Å²) < 4.78 is 5.90. The van der Waals surface area contributed by atoms with Gasteiger partial charge in [-0.1, -0.05) is 122 Å². The lowest BCUT2D eigenvalue weighted by Gasteiger charge is -2.18. The second-order valence-electron chi connectivity index (χ2n) is 11.7. The van der Waals surface area contributed by atoms with Gasteiger partial charge in [-0.15, -0.1) is 0 Å². The van der Waals surface area contributed by atoms with E-state index in [0.717, 1.165) is 15.8 Å². The Morgan fingerprint density at radius 1 is 0.537 bits per heavy atom. The molecule has 0 N–H and O–H groups in total. The van der Waals surface area contributed by atoms with Crippen LogP contribution in [0.1, 0.15) is 37.5 Å². The smallest absolute Gasteiger partial charge is 0.0803 e. The van der Waals surface area contributed by atoms with Crippen LogP contribution in [0.25, 0.3) is 56.4 Å². The summed E-state index contributed by atoms with van der Waals surface area (Å²) in [5.41, 5.74) is 11.0. The Bertz CT molecular complexity index is 2050. The van der Waals surface area contributed by atoms with Crippen LogP contribution < -0.4 is 0 Å². The molecule has 2 aromatic heterocycles. The number of benzene rings is 5. The van der Waals surface area contributed by atoms with Gasteiger partial charge < -0.3 is 9.13 Å². The van der Waals surface area contributed by atoms with Crippen LogP contribution in [0.2, 0.25) is 0 Å². The Morgan fingerprint density at radius 3 is 1.59 bits per heavy atom. The standard InChI is InChI=1S/C38H31BrN2/c1-38(2,3)28-19-16-26(17-20-28)14-15-27-18-22-32-34(24-27)40(30-10-6-4-7-11-30)37-33-23-21-29(39)25-35(33)41(36(32)37)31-12-8-5-9-13-31/h4-25H,1-3H3. The molecule has 7 rings (SSSR count). The minimum atomic E-state index is 0.152. The van der Waals surface area contributed by atoms with Crippen molar-refractivity contribution in [3.8, 4) is 11.4 Å². The highest BCUT2D eigenvalue weighted by molar-refractivity contribution is 9.10. The van der Waals surface area contributed by atoms with Crippen LogP contribution >= 0.6 is 15.9 Å². The quantitative estimate of drug-likeness (QED) is 0.179. The molecule has 0 unspecified atom stereocenters. The maximum atomic E-state index is 3.73. The summed E-state index contributed by atoms with van der Waals surface area (Å²) in [6, 6.07) is 43.7. The molecule has 0 spiro atoms. The number of para-hydroxylation sites is 2. The van der Waals surface area contributed by atoms with Crippen molar-refractivity contribution in [2.24, 2.45) is 0 Å². The number of halogens is 1. The van der Waals surface area contributed by atoms with Crippen molar-refractivity contribution in [2.75, 3.05) is 0 Å². The largest absolute Gasteiger partial charge is 0.307 e. The highest BCUT2D eigenvalue weighted by Gasteiger charge is 2.22. The zero-order valence-electron chi connectivity index (χ0n) is 23.5. The van der Waals surface area contributed by atoms with Gasteiger partial charge in [-0.2, -0.15) is 0 Å². The summed E-state index contributed by atoms with van der Waals surface area (Å²) in [6.45, 7) is 6.76. The van der Waals surface area contributed by atoms with Gasteiger partial charge >= 0.3 is 0 Å². The summed E-state index contributed by atoms with van der Waals surface area (Å²) in [4.78, 5) is 0. The Morgan fingerprint density at radius 2 is 1.02 bits per heavy atom. The van der Waals surface area contributed by atoms with Gasteiger partial charge in [-0.05, 0) is 70.6 Å². The van der Waals surface area contributed by atoms with E-state index in [1.165, 1.54) is 49.5 Å². The Balaban J connectivity index is 1.48. The van der Waals surface area contributed by atoms with Gasteiger partial charge in [0.05, 0.1) is 22.1 Å². The molecular weight excluding hydrogens is 564 g/mol. The van der Waals surface area contributed by atoms with Gasteiger partial charge in [0.1, 0.15) is 0 Å². The van der Waals surface area contributed by atoms with Gasteiger partial charge in [-0.25, -0.2) is 0 Å². The average Bonchev–Trinajstić information content (AvgIpc) is 3.48. The van der Waals surface area contributed by atoms with Crippen LogP contribution in [0.3, 0.4) is 0 Å². The van der Waals surface area contributed by atoms with E-state index in [4.69, 9.17) is 0 Å². The topological polar surface area (TPSA) is 9.86 Å². The molecule has 3 heteroatoms. The summed E-state index contributed by atoms with van der Waals surface area (Å²) in [7, 11) is 0. The van der Waals surface area contributed by atoms with Gasteiger partial charge in [0.25, 0.3) is 0 Å². The van der Waals surface area contributed by atoms with Crippen LogP contribution in [-0.2, 0) is 5.41 Å². The molecule has 0 saturated heterocycles. The van der Waals surface area contributed by atoms with Gasteiger partial charge in [0.2, 0.25) is 0 Å². The molecule has 2 heterocycles. The fraction of sp³-hybridized carbons (Fsp3) is 0.105. The molecule has 0 aliphatic rings. The molecule has 2 nitrogen and oxygen atoms in total. The van der Waals surface area contributed by atoms with Crippen LogP contribution in [-0.4, -0.2) is 9.13 Å². The second kappa shape index (κ2) is 9.94. The zero-order valence-corrected chi connectivity index (χ0v) is 25.1. The fourth-order valence-electron chi connectivity index (χ4n) is 5.85. The minimum Gasteiger partial charge on any atom is -0.307 e. The third-order valence-corrected chi connectivity index (χ3v) is 8.41. The van der Waals surface area contributed by atoms with Gasteiger partial charge in [-0.3, -0.25) is 0 Å². The Hall–Kier alpha value is -4.34.